The monoisotopic (exact) mass is 235 g/mol. The van der Waals surface area contributed by atoms with E-state index in [0.717, 1.165) is 5.69 Å². The summed E-state index contributed by atoms with van der Waals surface area (Å²) >= 11 is 0. The summed E-state index contributed by atoms with van der Waals surface area (Å²) < 4.78 is 0. The molecule has 2 aromatic carbocycles. The predicted molar refractivity (Wildman–Crippen MR) is 76.9 cm³/mol. The van der Waals surface area contributed by atoms with Gasteiger partial charge in [0.15, 0.2) is 0 Å². The summed E-state index contributed by atoms with van der Waals surface area (Å²) in [7, 11) is 0. The Hall–Kier alpha value is -1.89. The quantitative estimate of drug-likeness (QED) is 0.691. The van der Waals surface area contributed by atoms with E-state index in [2.05, 4.69) is 54.4 Å². The van der Waals surface area contributed by atoms with Crippen LogP contribution in [0.25, 0.3) is 0 Å². The molecule has 0 fully saturated rings. The Morgan fingerprint density at radius 3 is 2.56 bits per heavy atom. The Labute approximate surface area is 108 Å². The van der Waals surface area contributed by atoms with E-state index in [1.165, 1.54) is 41.5 Å². The zero-order valence-electron chi connectivity index (χ0n) is 10.7. The van der Waals surface area contributed by atoms with Gasteiger partial charge in [-0.1, -0.05) is 29.8 Å². The lowest BCUT2D eigenvalue weighted by atomic mass is 10.1. The Morgan fingerprint density at radius 2 is 1.72 bits per heavy atom. The third-order valence-corrected chi connectivity index (χ3v) is 3.52. The first kappa shape index (κ1) is 11.2. The van der Waals surface area contributed by atoms with Crippen LogP contribution in [0.1, 0.15) is 28.7 Å². The highest BCUT2D eigenvalue weighted by Gasteiger charge is 2.09. The fourth-order valence-electron chi connectivity index (χ4n) is 2.45. The second-order valence-electron chi connectivity index (χ2n) is 4.98. The Morgan fingerprint density at radius 1 is 0.944 bits per heavy atom. The summed E-state index contributed by atoms with van der Waals surface area (Å²) in [4.78, 5) is 4.52. The zero-order valence-corrected chi connectivity index (χ0v) is 10.7. The number of rotatable bonds is 2. The summed E-state index contributed by atoms with van der Waals surface area (Å²) in [5, 5.41) is 0. The standard InChI is InChI=1S/C17H17N/c1-13-5-9-17(10-6-13)18-12-14-7-8-15-3-2-4-16(15)11-14/h5-12H,2-4H2,1H3. The maximum Gasteiger partial charge on any atom is 0.0630 e. The third-order valence-electron chi connectivity index (χ3n) is 3.52. The molecule has 3 rings (SSSR count). The topological polar surface area (TPSA) is 12.4 Å². The van der Waals surface area contributed by atoms with Gasteiger partial charge in [0.1, 0.15) is 0 Å². The van der Waals surface area contributed by atoms with Crippen LogP contribution in [0.3, 0.4) is 0 Å². The lowest BCUT2D eigenvalue weighted by Crippen LogP contribution is -1.86. The van der Waals surface area contributed by atoms with Crippen molar-refractivity contribution in [2.75, 3.05) is 0 Å². The van der Waals surface area contributed by atoms with Gasteiger partial charge in [-0.25, -0.2) is 0 Å². The zero-order chi connectivity index (χ0) is 12.4. The van der Waals surface area contributed by atoms with Crippen LogP contribution in [0.4, 0.5) is 5.69 Å². The van der Waals surface area contributed by atoms with Gasteiger partial charge in [0.05, 0.1) is 5.69 Å². The maximum absolute atomic E-state index is 4.52. The normalized spacial score (nSPS) is 14.1. The van der Waals surface area contributed by atoms with Crippen LogP contribution < -0.4 is 0 Å². The van der Waals surface area contributed by atoms with E-state index in [-0.39, 0.29) is 0 Å². The molecule has 0 radical (unpaired) electrons. The fraction of sp³-hybridized carbons (Fsp3) is 0.235. The van der Waals surface area contributed by atoms with Gasteiger partial charge in [-0.05, 0) is 61.1 Å². The molecule has 0 aromatic heterocycles. The van der Waals surface area contributed by atoms with Crippen molar-refractivity contribution in [3.05, 3.63) is 64.7 Å². The van der Waals surface area contributed by atoms with Crippen molar-refractivity contribution in [2.45, 2.75) is 26.2 Å². The molecule has 0 aliphatic heterocycles. The van der Waals surface area contributed by atoms with Gasteiger partial charge in [0, 0.05) is 6.21 Å². The minimum atomic E-state index is 1.01. The average Bonchev–Trinajstić information content (AvgIpc) is 2.85. The minimum Gasteiger partial charge on any atom is -0.256 e. The molecular weight excluding hydrogens is 218 g/mol. The van der Waals surface area contributed by atoms with Gasteiger partial charge in [-0.3, -0.25) is 4.99 Å². The van der Waals surface area contributed by atoms with Gasteiger partial charge < -0.3 is 0 Å². The summed E-state index contributed by atoms with van der Waals surface area (Å²) in [6.45, 7) is 2.09. The summed E-state index contributed by atoms with van der Waals surface area (Å²) in [5.74, 6) is 0. The minimum absolute atomic E-state index is 1.01. The molecule has 0 unspecified atom stereocenters. The van der Waals surface area contributed by atoms with Crippen molar-refractivity contribution in [3.8, 4) is 0 Å². The molecule has 1 nitrogen and oxygen atoms in total. The van der Waals surface area contributed by atoms with Crippen LogP contribution in [0.2, 0.25) is 0 Å². The summed E-state index contributed by atoms with van der Waals surface area (Å²) in [5.41, 5.74) is 6.51. The molecule has 18 heavy (non-hydrogen) atoms. The highest BCUT2D eigenvalue weighted by atomic mass is 14.7. The molecule has 0 heterocycles. The molecule has 0 bridgehead atoms. The first-order valence-electron chi connectivity index (χ1n) is 6.54. The van der Waals surface area contributed by atoms with Gasteiger partial charge in [-0.2, -0.15) is 0 Å². The molecule has 0 saturated heterocycles. The third kappa shape index (κ3) is 2.35. The number of hydrogen-bond donors (Lipinski definition) is 0. The van der Waals surface area contributed by atoms with E-state index in [1.807, 2.05) is 6.21 Å². The van der Waals surface area contributed by atoms with Crippen LogP contribution in [0, 0.1) is 6.92 Å². The number of fused-ring (bicyclic) bond motifs is 1. The van der Waals surface area contributed by atoms with Crippen LogP contribution in [0.15, 0.2) is 47.5 Å². The van der Waals surface area contributed by atoms with E-state index < -0.39 is 0 Å². The fourth-order valence-corrected chi connectivity index (χ4v) is 2.45. The van der Waals surface area contributed by atoms with E-state index in [1.54, 1.807) is 0 Å². The maximum atomic E-state index is 4.52. The Kier molecular flexibility index (Phi) is 2.97. The molecule has 90 valence electrons. The van der Waals surface area contributed by atoms with Gasteiger partial charge >= 0.3 is 0 Å². The highest BCUT2D eigenvalue weighted by Crippen LogP contribution is 2.22. The van der Waals surface area contributed by atoms with Crippen LogP contribution in [0.5, 0.6) is 0 Å². The smallest absolute Gasteiger partial charge is 0.0630 e. The first-order chi connectivity index (χ1) is 8.81. The second kappa shape index (κ2) is 4.77. The second-order valence-corrected chi connectivity index (χ2v) is 4.98. The molecular formula is C17H17N. The van der Waals surface area contributed by atoms with Crippen molar-refractivity contribution in [1.82, 2.24) is 0 Å². The molecule has 0 saturated carbocycles. The van der Waals surface area contributed by atoms with Gasteiger partial charge in [0.2, 0.25) is 0 Å². The number of benzene rings is 2. The van der Waals surface area contributed by atoms with Crippen molar-refractivity contribution in [3.63, 3.8) is 0 Å². The number of hydrogen-bond acceptors (Lipinski definition) is 1. The van der Waals surface area contributed by atoms with Gasteiger partial charge in [-0.15, -0.1) is 0 Å². The highest BCUT2D eigenvalue weighted by molar-refractivity contribution is 5.82. The molecule has 0 atom stereocenters. The molecule has 2 aromatic rings. The molecule has 0 amide bonds. The van der Waals surface area contributed by atoms with Crippen LogP contribution in [-0.4, -0.2) is 6.21 Å². The molecule has 0 N–H and O–H groups in total. The number of aryl methyl sites for hydroxylation is 3. The first-order valence-corrected chi connectivity index (χ1v) is 6.54. The van der Waals surface area contributed by atoms with Crippen LogP contribution in [-0.2, 0) is 12.8 Å². The molecule has 1 aliphatic rings. The van der Waals surface area contributed by atoms with Crippen molar-refractivity contribution < 1.29 is 0 Å². The number of nitrogens with zero attached hydrogens (tertiary/aromatic N) is 1. The summed E-state index contributed by atoms with van der Waals surface area (Å²) in [6, 6.07) is 15.0. The SMILES string of the molecule is Cc1ccc(N=Cc2ccc3c(c2)CCC3)cc1. The van der Waals surface area contributed by atoms with E-state index in [0.29, 0.717) is 0 Å². The Balaban J connectivity index is 1.82. The van der Waals surface area contributed by atoms with Crippen molar-refractivity contribution >= 4 is 11.9 Å². The van der Waals surface area contributed by atoms with E-state index in [9.17, 15) is 0 Å². The Bertz CT molecular complexity index is 579. The summed E-state index contributed by atoms with van der Waals surface area (Å²) in [6.07, 6.45) is 5.73. The average molecular weight is 235 g/mol. The van der Waals surface area contributed by atoms with Gasteiger partial charge in [0.25, 0.3) is 0 Å². The molecule has 0 spiro atoms. The van der Waals surface area contributed by atoms with Crippen molar-refractivity contribution in [2.24, 2.45) is 4.99 Å². The lowest BCUT2D eigenvalue weighted by molar-refractivity contribution is 0.912. The van der Waals surface area contributed by atoms with E-state index >= 15 is 0 Å². The molecule has 1 heteroatoms. The largest absolute Gasteiger partial charge is 0.256 e. The van der Waals surface area contributed by atoms with E-state index in [4.69, 9.17) is 0 Å². The lowest BCUT2D eigenvalue weighted by Gasteiger charge is -2.00. The van der Waals surface area contributed by atoms with Crippen molar-refractivity contribution in [1.29, 1.82) is 0 Å². The molecule has 1 aliphatic carbocycles. The van der Waals surface area contributed by atoms with Crippen LogP contribution >= 0.6 is 0 Å². The number of aliphatic imine (C=N–C) groups is 1. The predicted octanol–water partition coefficient (Wildman–Crippen LogP) is 4.23.